The molecule has 0 heterocycles. The molecule has 0 aliphatic heterocycles. The van der Waals surface area contributed by atoms with Crippen LogP contribution in [0.2, 0.25) is 0 Å². The summed E-state index contributed by atoms with van der Waals surface area (Å²) in [7, 11) is 0. The van der Waals surface area contributed by atoms with Crippen LogP contribution in [0, 0.1) is 0 Å². The molecule has 0 aliphatic carbocycles. The molecule has 23 heavy (non-hydrogen) atoms. The van der Waals surface area contributed by atoms with Crippen molar-refractivity contribution in [3.8, 4) is 0 Å². The van der Waals surface area contributed by atoms with E-state index in [1.165, 1.54) is 6.92 Å². The molecule has 1 unspecified atom stereocenters. The summed E-state index contributed by atoms with van der Waals surface area (Å²) in [6.07, 6.45) is 1.01. The van der Waals surface area contributed by atoms with Gasteiger partial charge in [0.15, 0.2) is 0 Å². The topological polar surface area (TPSA) is 149 Å². The van der Waals surface area contributed by atoms with Crippen LogP contribution in [0.25, 0.3) is 0 Å². The van der Waals surface area contributed by atoms with E-state index in [4.69, 9.17) is 20.4 Å². The van der Waals surface area contributed by atoms with Crippen LogP contribution >= 0.6 is 0 Å². The van der Waals surface area contributed by atoms with Crippen molar-refractivity contribution in [2.45, 2.75) is 65.4 Å². The van der Waals surface area contributed by atoms with Gasteiger partial charge in [-0.1, -0.05) is 13.8 Å². The zero-order valence-corrected chi connectivity index (χ0v) is 13.9. The first-order chi connectivity index (χ1) is 10.6. The maximum atomic E-state index is 10.5. The Morgan fingerprint density at radius 1 is 0.826 bits per heavy atom. The molecule has 0 aromatic heterocycles. The van der Waals surface area contributed by atoms with E-state index in [1.54, 1.807) is 0 Å². The summed E-state index contributed by atoms with van der Waals surface area (Å²) < 4.78 is 0. The lowest BCUT2D eigenvalue weighted by Gasteiger charge is -1.90. The van der Waals surface area contributed by atoms with Gasteiger partial charge in [0.2, 0.25) is 0 Å². The van der Waals surface area contributed by atoms with Crippen molar-refractivity contribution >= 4 is 23.5 Å². The molecule has 0 bridgehead atoms. The van der Waals surface area contributed by atoms with Crippen LogP contribution in [0.15, 0.2) is 0 Å². The molecule has 8 heteroatoms. The van der Waals surface area contributed by atoms with E-state index in [9.17, 15) is 19.2 Å². The number of Topliss-reactive ketones (excluding diaryl/α,β-unsaturated/α-hetero) is 2. The zero-order chi connectivity index (χ0) is 18.8. The van der Waals surface area contributed by atoms with E-state index in [0.717, 1.165) is 12.8 Å². The van der Waals surface area contributed by atoms with Gasteiger partial charge in [0.05, 0.1) is 12.7 Å². The largest absolute Gasteiger partial charge is 0.481 e. The molecule has 0 saturated carbocycles. The number of ketones is 2. The number of hydrogen-bond donors (Lipinski definition) is 4. The number of carboxylic acids is 2. The lowest BCUT2D eigenvalue weighted by Crippen LogP contribution is -2.05. The van der Waals surface area contributed by atoms with Gasteiger partial charge in [-0.25, -0.2) is 0 Å². The second-order valence-electron chi connectivity index (χ2n) is 4.75. The third-order valence-electron chi connectivity index (χ3n) is 2.02. The average Bonchev–Trinajstić information content (AvgIpc) is 2.38. The normalized spacial score (nSPS) is 10.3. The molecular weight excluding hydrogens is 308 g/mol. The number of aliphatic hydroxyl groups excluding tert-OH is 2. The first kappa shape index (κ1) is 26.1. The van der Waals surface area contributed by atoms with Crippen molar-refractivity contribution in [3.63, 3.8) is 0 Å². The Bertz CT molecular complexity index is 319. The van der Waals surface area contributed by atoms with Gasteiger partial charge in [-0.3, -0.25) is 19.2 Å². The Labute approximate surface area is 136 Å². The van der Waals surface area contributed by atoms with Crippen molar-refractivity contribution < 1.29 is 39.6 Å². The van der Waals surface area contributed by atoms with Gasteiger partial charge in [-0.2, -0.15) is 0 Å². The monoisotopic (exact) mass is 336 g/mol. The van der Waals surface area contributed by atoms with E-state index in [-0.39, 0.29) is 31.0 Å². The number of carbonyl (C=O) groups excluding carboxylic acids is 2. The van der Waals surface area contributed by atoms with Crippen molar-refractivity contribution in [1.29, 1.82) is 0 Å². The zero-order valence-electron chi connectivity index (χ0n) is 13.9. The molecule has 0 aromatic carbocycles. The van der Waals surface area contributed by atoms with Crippen molar-refractivity contribution in [2.24, 2.45) is 0 Å². The molecule has 1 atom stereocenters. The van der Waals surface area contributed by atoms with Crippen molar-refractivity contribution in [1.82, 2.24) is 0 Å². The third kappa shape index (κ3) is 33.2. The molecule has 0 aromatic rings. The predicted molar refractivity (Wildman–Crippen MR) is 83.1 cm³/mol. The Kier molecular flexibility index (Phi) is 20.7. The minimum absolute atomic E-state index is 0.139. The van der Waals surface area contributed by atoms with Gasteiger partial charge in [-0.15, -0.1) is 0 Å². The summed E-state index contributed by atoms with van der Waals surface area (Å²) in [4.78, 5) is 40.7. The molecule has 0 rings (SSSR count). The second kappa shape index (κ2) is 18.2. The van der Waals surface area contributed by atoms with Crippen LogP contribution in [0.1, 0.15) is 59.3 Å². The Hall–Kier alpha value is -1.80. The van der Waals surface area contributed by atoms with Crippen LogP contribution in [0.5, 0.6) is 0 Å². The Morgan fingerprint density at radius 3 is 1.22 bits per heavy atom. The molecule has 0 fully saturated rings. The molecule has 4 N–H and O–H groups in total. The minimum Gasteiger partial charge on any atom is -0.481 e. The number of rotatable bonds is 9. The summed E-state index contributed by atoms with van der Waals surface area (Å²) in [6.45, 7) is 5.08. The SMILES string of the molecule is CC(O)CO.CCCC(=O)CC(=O)O.CCCC(=O)CC(=O)O. The number of aliphatic hydroxyl groups is 2. The highest BCUT2D eigenvalue weighted by molar-refractivity contribution is 5.95. The average molecular weight is 336 g/mol. The van der Waals surface area contributed by atoms with Gasteiger partial charge in [-0.05, 0) is 19.8 Å². The Morgan fingerprint density at radius 2 is 1.09 bits per heavy atom. The fourth-order valence-electron chi connectivity index (χ4n) is 1.07. The summed E-state index contributed by atoms with van der Waals surface area (Å²) >= 11 is 0. The fourth-order valence-corrected chi connectivity index (χ4v) is 1.07. The fraction of sp³-hybridized carbons (Fsp3) is 0.733. The highest BCUT2D eigenvalue weighted by Crippen LogP contribution is 1.93. The summed E-state index contributed by atoms with van der Waals surface area (Å²) in [5, 5.41) is 32.2. The molecule has 0 saturated heterocycles. The number of carboxylic acid groups (broad SMARTS) is 2. The van der Waals surface area contributed by atoms with Crippen LogP contribution in [-0.2, 0) is 19.2 Å². The number of aliphatic carboxylic acids is 2. The molecule has 0 spiro atoms. The maximum Gasteiger partial charge on any atom is 0.310 e. The van der Waals surface area contributed by atoms with Crippen LogP contribution in [0.4, 0.5) is 0 Å². The van der Waals surface area contributed by atoms with Gasteiger partial charge in [0.1, 0.15) is 24.4 Å². The molecule has 0 aliphatic rings. The van der Waals surface area contributed by atoms with E-state index in [0.29, 0.717) is 12.8 Å². The summed E-state index contributed by atoms with van der Waals surface area (Å²) in [5.41, 5.74) is 0. The maximum absolute atomic E-state index is 10.5. The first-order valence-corrected chi connectivity index (χ1v) is 7.36. The van der Waals surface area contributed by atoms with E-state index in [1.807, 2.05) is 13.8 Å². The highest BCUT2D eigenvalue weighted by Gasteiger charge is 2.05. The number of carbonyl (C=O) groups is 4. The Balaban J connectivity index is -0.000000273. The standard InChI is InChI=1S/2C6H10O3.C3H8O2/c2*1-2-3-5(7)4-6(8)9;1-3(5)2-4/h2*2-4H2,1H3,(H,8,9);3-5H,2H2,1H3. The van der Waals surface area contributed by atoms with E-state index in [2.05, 4.69) is 0 Å². The molecular formula is C15H28O8. The van der Waals surface area contributed by atoms with Gasteiger partial charge in [0.25, 0.3) is 0 Å². The lowest BCUT2D eigenvalue weighted by molar-refractivity contribution is -0.141. The van der Waals surface area contributed by atoms with E-state index >= 15 is 0 Å². The van der Waals surface area contributed by atoms with Crippen molar-refractivity contribution in [3.05, 3.63) is 0 Å². The van der Waals surface area contributed by atoms with Crippen LogP contribution < -0.4 is 0 Å². The quantitative estimate of drug-likeness (QED) is 0.456. The number of hydrogen-bond acceptors (Lipinski definition) is 6. The lowest BCUT2D eigenvalue weighted by atomic mass is 10.2. The second-order valence-corrected chi connectivity index (χ2v) is 4.75. The van der Waals surface area contributed by atoms with Gasteiger partial charge < -0.3 is 20.4 Å². The smallest absolute Gasteiger partial charge is 0.310 e. The van der Waals surface area contributed by atoms with E-state index < -0.39 is 18.0 Å². The highest BCUT2D eigenvalue weighted by atomic mass is 16.4. The van der Waals surface area contributed by atoms with Gasteiger partial charge in [0, 0.05) is 12.8 Å². The van der Waals surface area contributed by atoms with Crippen LogP contribution in [-0.4, -0.2) is 56.6 Å². The molecule has 0 radical (unpaired) electrons. The summed E-state index contributed by atoms with van der Waals surface area (Å²) in [5.74, 6) is -2.45. The van der Waals surface area contributed by atoms with Crippen molar-refractivity contribution in [2.75, 3.05) is 6.61 Å². The first-order valence-electron chi connectivity index (χ1n) is 7.36. The molecule has 8 nitrogen and oxygen atoms in total. The summed E-state index contributed by atoms with van der Waals surface area (Å²) in [6, 6.07) is 0. The molecule has 136 valence electrons. The molecule has 0 amide bonds. The van der Waals surface area contributed by atoms with Gasteiger partial charge >= 0.3 is 11.9 Å². The van der Waals surface area contributed by atoms with Crippen LogP contribution in [0.3, 0.4) is 0 Å². The predicted octanol–water partition coefficient (Wildman–Crippen LogP) is 1.02. The minimum atomic E-state index is -1.03. The third-order valence-corrected chi connectivity index (χ3v) is 2.02.